The maximum absolute atomic E-state index is 13.8. The van der Waals surface area contributed by atoms with E-state index in [0.29, 0.717) is 6.04 Å². The number of aromatic nitrogens is 4. The third-order valence-electron chi connectivity index (χ3n) is 11.5. The maximum atomic E-state index is 13.8. The minimum absolute atomic E-state index is 0.0546. The number of imidazole rings is 2. The van der Waals surface area contributed by atoms with Crippen molar-refractivity contribution in [1.82, 2.24) is 35.5 Å². The van der Waals surface area contributed by atoms with Gasteiger partial charge in [-0.05, 0) is 103 Å². The number of benzene rings is 4. The molecule has 0 unspecified atom stereocenters. The molecule has 6 aromatic rings. The molecule has 6 atom stereocenters. The lowest BCUT2D eigenvalue weighted by Crippen LogP contribution is -2.56. The molecule has 1 saturated carbocycles. The van der Waals surface area contributed by atoms with Gasteiger partial charge >= 0.3 is 6.09 Å². The number of ether oxygens (including phenoxy) is 1. The van der Waals surface area contributed by atoms with Crippen molar-refractivity contribution in [3.05, 3.63) is 84.6 Å². The molecule has 2 aliphatic heterocycles. The van der Waals surface area contributed by atoms with Gasteiger partial charge in [-0.2, -0.15) is 0 Å². The molecule has 0 radical (unpaired) electrons. The monoisotopic (exact) mass is 683 g/mol. The number of rotatable bonds is 8. The summed E-state index contributed by atoms with van der Waals surface area (Å²) in [6.45, 7) is 2.75. The SMILES string of the molecule is CO[C@H](C)[C@H](NC(=O)O)C(=O)N1[C@@H]2CC[C@@H](C2)[C@H]1c1ncc(-c2ccc3cc(-c4ccc5c(ccc6[nH]c([C@@H]7CCCN7)nc65)c4)ccc3c2)[nH]1. The normalized spacial score (nSPS) is 22.7. The highest BCUT2D eigenvalue weighted by atomic mass is 16.5. The number of hydrogen-bond donors (Lipinski definition) is 5. The molecule has 2 saturated heterocycles. The highest BCUT2D eigenvalue weighted by molar-refractivity contribution is 6.05. The largest absolute Gasteiger partial charge is 0.465 e. The number of fused-ring (bicyclic) bond motifs is 6. The van der Waals surface area contributed by atoms with Gasteiger partial charge in [0.15, 0.2) is 0 Å². The standard InChI is InChI=1S/C40H41N7O4/c1-21(51-2)34(46-40(49)50)39(48)47-29-12-9-28(19-29)36(47)38-42-20-33(44-38)27-8-7-23-16-22(5-6-24(23)18-27)25-10-13-30-26(17-25)11-14-31-35(30)45-37(43-31)32-4-3-15-41-32/h5-8,10-11,13-14,16-18,20-21,28-29,32,34,36,41,46H,3-4,9,12,15,19H2,1-2H3,(H,42,44)(H,43,45)(H,49,50)/t21-,28+,29-,32+,34+,36+/m1/s1. The van der Waals surface area contributed by atoms with Crippen LogP contribution in [0.15, 0.2) is 72.9 Å². The van der Waals surface area contributed by atoms with Crippen molar-refractivity contribution in [2.75, 3.05) is 13.7 Å². The van der Waals surface area contributed by atoms with E-state index in [2.05, 4.69) is 87.3 Å². The Kier molecular flexibility index (Phi) is 7.77. The van der Waals surface area contributed by atoms with Crippen molar-refractivity contribution >= 4 is 44.6 Å². The third kappa shape index (κ3) is 5.51. The number of nitrogens with zero attached hydrogens (tertiary/aromatic N) is 3. The number of amides is 2. The van der Waals surface area contributed by atoms with Gasteiger partial charge in [-0.25, -0.2) is 14.8 Å². The molecule has 3 aliphatic rings. The Balaban J connectivity index is 0.972. The number of carboxylic acid groups (broad SMARTS) is 1. The number of aromatic amines is 2. The summed E-state index contributed by atoms with van der Waals surface area (Å²) in [7, 11) is 1.48. The Bertz CT molecular complexity index is 2310. The molecule has 11 nitrogen and oxygen atoms in total. The minimum Gasteiger partial charge on any atom is -0.465 e. The molecule has 51 heavy (non-hydrogen) atoms. The van der Waals surface area contributed by atoms with Gasteiger partial charge in [0.25, 0.3) is 0 Å². The van der Waals surface area contributed by atoms with Gasteiger partial charge in [-0.15, -0.1) is 0 Å². The second-order valence-electron chi connectivity index (χ2n) is 14.4. The van der Waals surface area contributed by atoms with Gasteiger partial charge in [-0.3, -0.25) is 4.79 Å². The van der Waals surface area contributed by atoms with Gasteiger partial charge in [0.05, 0.1) is 41.1 Å². The van der Waals surface area contributed by atoms with Crippen LogP contribution in [0, 0.1) is 5.92 Å². The van der Waals surface area contributed by atoms with E-state index in [1.807, 2.05) is 11.1 Å². The highest BCUT2D eigenvalue weighted by Gasteiger charge is 2.51. The van der Waals surface area contributed by atoms with Crippen molar-refractivity contribution in [2.45, 2.75) is 69.3 Å². The summed E-state index contributed by atoms with van der Waals surface area (Å²) in [6, 6.07) is 23.0. The van der Waals surface area contributed by atoms with Crippen LogP contribution in [0.1, 0.15) is 62.8 Å². The molecule has 4 aromatic carbocycles. The number of methoxy groups -OCH3 is 1. The van der Waals surface area contributed by atoms with E-state index in [0.717, 1.165) is 93.5 Å². The molecule has 9 rings (SSSR count). The second-order valence-corrected chi connectivity index (χ2v) is 14.4. The zero-order valence-electron chi connectivity index (χ0n) is 28.6. The first-order valence-corrected chi connectivity index (χ1v) is 17.9. The summed E-state index contributed by atoms with van der Waals surface area (Å²) >= 11 is 0. The fraction of sp³-hybridized carbons (Fsp3) is 0.350. The van der Waals surface area contributed by atoms with Gasteiger partial charge in [0.1, 0.15) is 17.7 Å². The van der Waals surface area contributed by atoms with Crippen LogP contribution in [-0.4, -0.2) is 73.8 Å². The van der Waals surface area contributed by atoms with Crippen LogP contribution in [0.3, 0.4) is 0 Å². The number of hydrogen-bond acceptors (Lipinski definition) is 6. The molecular formula is C40H41N7O4. The smallest absolute Gasteiger partial charge is 0.405 e. The van der Waals surface area contributed by atoms with Crippen LogP contribution < -0.4 is 10.6 Å². The molecule has 260 valence electrons. The third-order valence-corrected chi connectivity index (χ3v) is 11.5. The zero-order chi connectivity index (χ0) is 34.8. The molecule has 2 aromatic heterocycles. The molecule has 0 spiro atoms. The van der Waals surface area contributed by atoms with E-state index in [1.165, 1.54) is 18.9 Å². The van der Waals surface area contributed by atoms with Crippen LogP contribution in [0.4, 0.5) is 4.79 Å². The van der Waals surface area contributed by atoms with Gasteiger partial charge in [0, 0.05) is 24.1 Å². The Morgan fingerprint density at radius 3 is 2.43 bits per heavy atom. The van der Waals surface area contributed by atoms with Crippen LogP contribution in [0.25, 0.3) is 55.0 Å². The lowest BCUT2D eigenvalue weighted by atomic mass is 9.96. The quantitative estimate of drug-likeness (QED) is 0.115. The highest BCUT2D eigenvalue weighted by Crippen LogP contribution is 2.50. The first kappa shape index (κ1) is 31.7. The van der Waals surface area contributed by atoms with Gasteiger partial charge in [-0.1, -0.05) is 42.5 Å². The molecule has 5 N–H and O–H groups in total. The summed E-state index contributed by atoms with van der Waals surface area (Å²) in [5, 5.41) is 20.0. The predicted octanol–water partition coefficient (Wildman–Crippen LogP) is 7.07. The Morgan fingerprint density at radius 2 is 1.67 bits per heavy atom. The Labute approximate surface area is 294 Å². The van der Waals surface area contributed by atoms with Crippen molar-refractivity contribution in [3.63, 3.8) is 0 Å². The number of H-pyrrole nitrogens is 2. The summed E-state index contributed by atoms with van der Waals surface area (Å²) in [4.78, 5) is 44.1. The molecule has 4 heterocycles. The minimum atomic E-state index is -1.25. The molecule has 1 aliphatic carbocycles. The summed E-state index contributed by atoms with van der Waals surface area (Å²) in [5.74, 6) is 1.76. The van der Waals surface area contributed by atoms with Crippen LogP contribution in [0.2, 0.25) is 0 Å². The van der Waals surface area contributed by atoms with Gasteiger partial charge in [0.2, 0.25) is 5.91 Å². The van der Waals surface area contributed by atoms with E-state index in [4.69, 9.17) is 14.7 Å². The molecular weight excluding hydrogens is 642 g/mol. The van der Waals surface area contributed by atoms with Crippen LogP contribution >= 0.6 is 0 Å². The van der Waals surface area contributed by atoms with E-state index in [-0.39, 0.29) is 23.9 Å². The Morgan fingerprint density at radius 1 is 0.922 bits per heavy atom. The molecule has 3 fully saturated rings. The van der Waals surface area contributed by atoms with E-state index in [9.17, 15) is 14.7 Å². The van der Waals surface area contributed by atoms with Crippen molar-refractivity contribution in [2.24, 2.45) is 5.92 Å². The fourth-order valence-corrected chi connectivity index (χ4v) is 8.78. The summed E-state index contributed by atoms with van der Waals surface area (Å²) in [5.41, 5.74) is 6.29. The lowest BCUT2D eigenvalue weighted by Gasteiger charge is -2.37. The number of carbonyl (C=O) groups excluding carboxylic acids is 1. The lowest BCUT2D eigenvalue weighted by molar-refractivity contribution is -0.141. The summed E-state index contributed by atoms with van der Waals surface area (Å²) < 4.78 is 5.39. The number of likely N-dealkylation sites (tertiary alicyclic amines) is 1. The van der Waals surface area contributed by atoms with Gasteiger partial charge < -0.3 is 35.3 Å². The van der Waals surface area contributed by atoms with Crippen LogP contribution in [0.5, 0.6) is 0 Å². The fourth-order valence-electron chi connectivity index (χ4n) is 8.78. The van der Waals surface area contributed by atoms with E-state index < -0.39 is 18.2 Å². The number of nitrogens with one attached hydrogen (secondary N) is 4. The number of piperidine rings is 1. The topological polar surface area (TPSA) is 148 Å². The van der Waals surface area contributed by atoms with Crippen molar-refractivity contribution in [3.8, 4) is 22.4 Å². The van der Waals surface area contributed by atoms with Crippen molar-refractivity contribution < 1.29 is 19.4 Å². The number of carbonyl (C=O) groups is 2. The average Bonchev–Trinajstić information content (AvgIpc) is 4.00. The summed E-state index contributed by atoms with van der Waals surface area (Å²) in [6.07, 6.45) is 5.06. The first-order chi connectivity index (χ1) is 24.8. The van der Waals surface area contributed by atoms with E-state index in [1.54, 1.807) is 6.92 Å². The second kappa shape index (κ2) is 12.5. The Hall–Kier alpha value is -5.26. The zero-order valence-corrected chi connectivity index (χ0v) is 28.6. The maximum Gasteiger partial charge on any atom is 0.405 e. The molecule has 2 bridgehead atoms. The average molecular weight is 684 g/mol. The molecule has 11 heteroatoms. The van der Waals surface area contributed by atoms with Crippen molar-refractivity contribution in [1.29, 1.82) is 0 Å². The first-order valence-electron chi connectivity index (χ1n) is 17.9. The molecule has 2 amide bonds. The van der Waals surface area contributed by atoms with Crippen LogP contribution in [-0.2, 0) is 9.53 Å². The van der Waals surface area contributed by atoms with E-state index >= 15 is 0 Å². The predicted molar refractivity (Wildman–Crippen MR) is 196 cm³/mol.